The minimum absolute atomic E-state index is 0.0161. The zero-order valence-electron chi connectivity index (χ0n) is 16.0. The van der Waals surface area contributed by atoms with Crippen molar-refractivity contribution in [2.75, 3.05) is 0 Å². The molecule has 0 saturated heterocycles. The Morgan fingerprint density at radius 3 is 2.07 bits per heavy atom. The molecule has 0 bridgehead atoms. The van der Waals surface area contributed by atoms with Crippen molar-refractivity contribution in [2.24, 2.45) is 0 Å². The highest BCUT2D eigenvalue weighted by Gasteiger charge is 2.19. The zero-order chi connectivity index (χ0) is 21.4. The fraction of sp³-hybridized carbons (Fsp3) is 0.0909. The van der Waals surface area contributed by atoms with Crippen LogP contribution in [0.15, 0.2) is 56.9 Å². The van der Waals surface area contributed by atoms with Crippen molar-refractivity contribution in [3.8, 4) is 0 Å². The van der Waals surface area contributed by atoms with E-state index in [0.717, 1.165) is 5.56 Å². The van der Waals surface area contributed by atoms with Gasteiger partial charge < -0.3 is 9.97 Å². The molecule has 0 fully saturated rings. The lowest BCUT2D eigenvalue weighted by atomic mass is 10.0. The average Bonchev–Trinajstić information content (AvgIpc) is 2.67. The van der Waals surface area contributed by atoms with E-state index in [9.17, 15) is 22.6 Å². The maximum Gasteiger partial charge on any atom is 0.296 e. The van der Waals surface area contributed by atoms with Gasteiger partial charge in [-0.05, 0) is 49.2 Å². The quantitative estimate of drug-likeness (QED) is 0.283. The molecule has 0 aliphatic carbocycles. The molecular weight excluding hydrogens is 404 g/mol. The number of aromatic nitrogens is 2. The Hall–Kier alpha value is -3.49. The normalized spacial score (nSPS) is 12.4. The molecule has 3 N–H and O–H groups in total. The van der Waals surface area contributed by atoms with Gasteiger partial charge in [-0.1, -0.05) is 18.2 Å². The first-order chi connectivity index (χ1) is 14.2. The minimum atomic E-state index is -4.55. The Bertz CT molecular complexity index is 1780. The van der Waals surface area contributed by atoms with Crippen molar-refractivity contribution >= 4 is 53.7 Å². The van der Waals surface area contributed by atoms with Gasteiger partial charge in [-0.25, -0.2) is 0 Å². The lowest BCUT2D eigenvalue weighted by Gasteiger charge is -2.10. The van der Waals surface area contributed by atoms with Crippen LogP contribution in [-0.4, -0.2) is 22.9 Å². The molecule has 30 heavy (non-hydrogen) atoms. The van der Waals surface area contributed by atoms with E-state index in [1.165, 1.54) is 12.1 Å². The average molecular weight is 420 g/mol. The Balaban J connectivity index is 2.04. The van der Waals surface area contributed by atoms with Gasteiger partial charge in [-0.15, -0.1) is 0 Å². The summed E-state index contributed by atoms with van der Waals surface area (Å²) in [5.41, 5.74) is 2.46. The molecule has 0 aliphatic rings. The Labute approximate surface area is 169 Å². The number of hydrogen-bond acceptors (Lipinski definition) is 4. The van der Waals surface area contributed by atoms with Crippen molar-refractivity contribution in [3.05, 3.63) is 74.0 Å². The molecule has 0 amide bonds. The number of pyridine rings is 2. The lowest BCUT2D eigenvalue weighted by molar-refractivity contribution is 0.484. The summed E-state index contributed by atoms with van der Waals surface area (Å²) in [7, 11) is -4.55. The summed E-state index contributed by atoms with van der Waals surface area (Å²) in [5, 5.41) is 1.39. The maximum absolute atomic E-state index is 13.3. The number of aromatic amines is 2. The number of para-hydroxylation sites is 1. The molecule has 5 aromatic rings. The molecule has 5 rings (SSSR count). The van der Waals surface area contributed by atoms with Crippen LogP contribution in [0.5, 0.6) is 0 Å². The van der Waals surface area contributed by atoms with Crippen LogP contribution in [0.2, 0.25) is 0 Å². The molecule has 2 aromatic heterocycles. The fourth-order valence-corrected chi connectivity index (χ4v) is 4.72. The number of fused-ring (bicyclic) bond motifs is 4. The Morgan fingerprint density at radius 2 is 1.40 bits per heavy atom. The second kappa shape index (κ2) is 6.01. The summed E-state index contributed by atoms with van der Waals surface area (Å²) in [6.07, 6.45) is 0. The molecule has 2 heterocycles. The largest absolute Gasteiger partial charge is 0.354 e. The van der Waals surface area contributed by atoms with Gasteiger partial charge >= 0.3 is 0 Å². The molecule has 150 valence electrons. The lowest BCUT2D eigenvalue weighted by Crippen LogP contribution is -2.11. The van der Waals surface area contributed by atoms with Crippen LogP contribution in [0.4, 0.5) is 0 Å². The summed E-state index contributed by atoms with van der Waals surface area (Å²) in [6, 6.07) is 11.3. The van der Waals surface area contributed by atoms with Gasteiger partial charge in [0.05, 0.1) is 27.5 Å². The summed E-state index contributed by atoms with van der Waals surface area (Å²) in [4.78, 5) is 32.1. The SMILES string of the molecule is Cc1cccc2c(=O)c3cc4[nH]c5c(S(=O)(=O)O)ccc(C)c5c(=O)c4cc3[nH]c12. The number of benzene rings is 3. The van der Waals surface area contributed by atoms with Crippen molar-refractivity contribution in [1.29, 1.82) is 0 Å². The number of aryl methyl sites for hydroxylation is 2. The highest BCUT2D eigenvalue weighted by atomic mass is 32.2. The number of hydrogen-bond donors (Lipinski definition) is 3. The van der Waals surface area contributed by atoms with Crippen molar-refractivity contribution in [3.63, 3.8) is 0 Å². The van der Waals surface area contributed by atoms with E-state index >= 15 is 0 Å². The molecule has 0 unspecified atom stereocenters. The molecule has 7 nitrogen and oxygen atoms in total. The van der Waals surface area contributed by atoms with E-state index in [0.29, 0.717) is 38.3 Å². The molecule has 0 aliphatic heterocycles. The van der Waals surface area contributed by atoms with E-state index in [4.69, 9.17) is 0 Å². The van der Waals surface area contributed by atoms with E-state index in [2.05, 4.69) is 9.97 Å². The van der Waals surface area contributed by atoms with Gasteiger partial charge in [-0.2, -0.15) is 8.42 Å². The van der Waals surface area contributed by atoms with Crippen LogP contribution in [0.25, 0.3) is 43.6 Å². The van der Waals surface area contributed by atoms with Crippen LogP contribution in [0.1, 0.15) is 11.1 Å². The molecule has 8 heteroatoms. The van der Waals surface area contributed by atoms with Gasteiger partial charge in [0.25, 0.3) is 10.1 Å². The minimum Gasteiger partial charge on any atom is -0.354 e. The van der Waals surface area contributed by atoms with E-state index < -0.39 is 10.1 Å². The second-order valence-electron chi connectivity index (χ2n) is 7.45. The third-order valence-corrected chi connectivity index (χ3v) is 6.46. The summed E-state index contributed by atoms with van der Waals surface area (Å²) >= 11 is 0. The van der Waals surface area contributed by atoms with Crippen molar-refractivity contribution < 1.29 is 13.0 Å². The molecule has 3 aromatic carbocycles. The van der Waals surface area contributed by atoms with Gasteiger partial charge in [-0.3, -0.25) is 14.1 Å². The first-order valence-corrected chi connectivity index (χ1v) is 10.6. The second-order valence-corrected chi connectivity index (χ2v) is 8.84. The first-order valence-electron chi connectivity index (χ1n) is 9.19. The highest BCUT2D eigenvalue weighted by molar-refractivity contribution is 7.86. The summed E-state index contributed by atoms with van der Waals surface area (Å²) in [6.45, 7) is 3.59. The molecule has 0 atom stereocenters. The van der Waals surface area contributed by atoms with Gasteiger partial charge in [0, 0.05) is 16.2 Å². The Kier molecular flexibility index (Phi) is 3.71. The predicted molar refractivity (Wildman–Crippen MR) is 117 cm³/mol. The predicted octanol–water partition coefficient (Wildman–Crippen LogP) is 3.54. The van der Waals surface area contributed by atoms with Crippen LogP contribution in [-0.2, 0) is 10.1 Å². The Morgan fingerprint density at radius 1 is 0.767 bits per heavy atom. The van der Waals surface area contributed by atoms with Gasteiger partial charge in [0.2, 0.25) is 0 Å². The number of rotatable bonds is 1. The standard InChI is InChI=1S/C22H16N2O5S/c1-10-6-7-17(30(27,28)29)20-18(10)22(26)14-9-15-13(8-16(14)24-20)21(25)12-5-3-4-11(2)19(12)23-15/h3-9H,1-2H3,(H,23,25)(H,24,26)(H,27,28,29). The van der Waals surface area contributed by atoms with E-state index in [-0.39, 0.29) is 26.7 Å². The highest BCUT2D eigenvalue weighted by Crippen LogP contribution is 2.27. The van der Waals surface area contributed by atoms with Crippen molar-refractivity contribution in [2.45, 2.75) is 18.7 Å². The monoisotopic (exact) mass is 420 g/mol. The van der Waals surface area contributed by atoms with Gasteiger partial charge in [0.1, 0.15) is 4.90 Å². The summed E-state index contributed by atoms with van der Waals surface area (Å²) < 4.78 is 33.3. The fourth-order valence-electron chi connectivity index (χ4n) is 4.07. The molecule has 0 radical (unpaired) electrons. The molecular formula is C22H16N2O5S. The third-order valence-electron chi connectivity index (χ3n) is 5.56. The topological polar surface area (TPSA) is 120 Å². The summed E-state index contributed by atoms with van der Waals surface area (Å²) in [5.74, 6) is 0. The third kappa shape index (κ3) is 2.51. The number of H-pyrrole nitrogens is 2. The number of nitrogens with one attached hydrogen (secondary N) is 2. The van der Waals surface area contributed by atoms with Crippen molar-refractivity contribution in [1.82, 2.24) is 9.97 Å². The molecule has 0 saturated carbocycles. The van der Waals surface area contributed by atoms with Crippen LogP contribution >= 0.6 is 0 Å². The van der Waals surface area contributed by atoms with Crippen LogP contribution in [0.3, 0.4) is 0 Å². The first kappa shape index (κ1) is 18.5. The molecule has 0 spiro atoms. The maximum atomic E-state index is 13.3. The van der Waals surface area contributed by atoms with Crippen LogP contribution in [0, 0.1) is 13.8 Å². The smallest absolute Gasteiger partial charge is 0.296 e. The van der Waals surface area contributed by atoms with E-state index in [1.54, 1.807) is 31.2 Å². The van der Waals surface area contributed by atoms with Gasteiger partial charge in [0.15, 0.2) is 10.9 Å². The van der Waals surface area contributed by atoms with E-state index in [1.807, 2.05) is 13.0 Å². The zero-order valence-corrected chi connectivity index (χ0v) is 16.8. The van der Waals surface area contributed by atoms with Crippen LogP contribution < -0.4 is 10.9 Å².